The molecule has 0 aliphatic rings. The van der Waals surface area contributed by atoms with E-state index in [2.05, 4.69) is 5.10 Å². The molecule has 152 valence electrons. The van der Waals surface area contributed by atoms with E-state index in [0.717, 1.165) is 4.68 Å². The Morgan fingerprint density at radius 3 is 2.43 bits per heavy atom. The van der Waals surface area contributed by atoms with Gasteiger partial charge in [-0.3, -0.25) is 9.59 Å². The normalized spacial score (nSPS) is 11.5. The van der Waals surface area contributed by atoms with Gasteiger partial charge in [-0.25, -0.2) is 4.79 Å². The van der Waals surface area contributed by atoms with Gasteiger partial charge in [0, 0.05) is 19.0 Å². The molecule has 1 amide bonds. The Kier molecular flexibility index (Phi) is 6.23. The zero-order valence-electron chi connectivity index (χ0n) is 16.6. The Bertz CT molecular complexity index is 1180. The molecule has 0 unspecified atom stereocenters. The Morgan fingerprint density at radius 1 is 1.13 bits per heavy atom. The number of hydrogen-bond acceptors (Lipinski definition) is 6. The van der Waals surface area contributed by atoms with Gasteiger partial charge in [-0.05, 0) is 25.1 Å². The molecule has 8 heteroatoms. The highest BCUT2D eigenvalue weighted by molar-refractivity contribution is 6.03. The molecule has 0 radical (unpaired) electrons. The molecular weight excluding hydrogens is 384 g/mol. The number of nitrogens with zero attached hydrogens (tertiary/aromatic N) is 4. The van der Waals surface area contributed by atoms with Gasteiger partial charge in [-0.2, -0.15) is 15.0 Å². The summed E-state index contributed by atoms with van der Waals surface area (Å²) in [6.07, 6.45) is -0.893. The average Bonchev–Trinajstić information content (AvgIpc) is 2.77. The van der Waals surface area contributed by atoms with Crippen molar-refractivity contribution in [3.63, 3.8) is 0 Å². The summed E-state index contributed by atoms with van der Waals surface area (Å²) in [7, 11) is 1.53. The van der Waals surface area contributed by atoms with Crippen molar-refractivity contribution in [3.8, 4) is 11.8 Å². The molecule has 0 saturated carbocycles. The fraction of sp³-hybridized carbons (Fsp3) is 0.227. The molecule has 30 heavy (non-hydrogen) atoms. The number of aromatic nitrogens is 2. The van der Waals surface area contributed by atoms with E-state index in [4.69, 9.17) is 10.00 Å². The van der Waals surface area contributed by atoms with Gasteiger partial charge in [0.2, 0.25) is 0 Å². The fourth-order valence-corrected chi connectivity index (χ4v) is 2.99. The number of ether oxygens (including phenoxy) is 1. The number of rotatable bonds is 6. The maximum atomic E-state index is 12.9. The van der Waals surface area contributed by atoms with E-state index in [1.807, 2.05) is 6.07 Å². The van der Waals surface area contributed by atoms with E-state index in [1.165, 1.54) is 18.9 Å². The van der Waals surface area contributed by atoms with Crippen LogP contribution in [0.25, 0.3) is 16.5 Å². The fourth-order valence-electron chi connectivity index (χ4n) is 2.99. The predicted octanol–water partition coefficient (Wildman–Crippen LogP) is 2.30. The number of carbonyl (C=O) groups excluding carboxylic acids is 2. The van der Waals surface area contributed by atoms with Gasteiger partial charge < -0.3 is 9.64 Å². The van der Waals surface area contributed by atoms with Crippen LogP contribution in [0.15, 0.2) is 59.4 Å². The van der Waals surface area contributed by atoms with Crippen LogP contribution >= 0.6 is 0 Å². The summed E-state index contributed by atoms with van der Waals surface area (Å²) >= 11 is 0. The van der Waals surface area contributed by atoms with E-state index in [0.29, 0.717) is 16.5 Å². The lowest BCUT2D eigenvalue weighted by Crippen LogP contribution is -2.38. The van der Waals surface area contributed by atoms with Crippen LogP contribution in [0.4, 0.5) is 0 Å². The Morgan fingerprint density at radius 2 is 1.77 bits per heavy atom. The molecule has 0 bridgehead atoms. The van der Waals surface area contributed by atoms with Crippen LogP contribution in [0.1, 0.15) is 23.8 Å². The van der Waals surface area contributed by atoms with Gasteiger partial charge in [0.05, 0.1) is 23.6 Å². The van der Waals surface area contributed by atoms with Crippen LogP contribution in [0.5, 0.6) is 0 Å². The van der Waals surface area contributed by atoms with Gasteiger partial charge >= 0.3 is 5.97 Å². The minimum atomic E-state index is -1.07. The third-order valence-electron chi connectivity index (χ3n) is 4.57. The van der Waals surface area contributed by atoms with Crippen molar-refractivity contribution in [1.29, 1.82) is 5.26 Å². The van der Waals surface area contributed by atoms with Crippen molar-refractivity contribution < 1.29 is 14.3 Å². The number of likely N-dealkylation sites (N-methyl/N-ethyl adjacent to an activating group) is 1. The second-order valence-corrected chi connectivity index (χ2v) is 6.66. The summed E-state index contributed by atoms with van der Waals surface area (Å²) in [6.45, 7) is 1.69. The van der Waals surface area contributed by atoms with Gasteiger partial charge in [0.15, 0.2) is 11.8 Å². The number of nitriles is 1. The summed E-state index contributed by atoms with van der Waals surface area (Å²) < 4.78 is 6.49. The zero-order chi connectivity index (χ0) is 21.7. The van der Waals surface area contributed by atoms with Crippen molar-refractivity contribution in [2.45, 2.75) is 19.4 Å². The van der Waals surface area contributed by atoms with E-state index < -0.39 is 18.0 Å². The summed E-state index contributed by atoms with van der Waals surface area (Å²) in [5.41, 5.74) is 0.0738. The second kappa shape index (κ2) is 9.01. The SMILES string of the molecule is C[C@@H](OC(=O)c1nn(-c2ccccc2)c(=O)c2ccccc12)C(=O)N(C)CCC#N. The molecule has 0 spiro atoms. The molecule has 1 aromatic heterocycles. The minimum absolute atomic E-state index is 0.0617. The zero-order valence-corrected chi connectivity index (χ0v) is 16.6. The standard InChI is InChI=1S/C22H20N4O4/c1-15(20(27)25(2)14-8-13-23)30-22(29)19-17-11-6-7-12-18(17)21(28)26(24-19)16-9-4-3-5-10-16/h3-7,9-12,15H,8,14H2,1-2H3/t15-/m1/s1. The Hall–Kier alpha value is -3.99. The maximum Gasteiger partial charge on any atom is 0.360 e. The number of para-hydroxylation sites is 1. The molecule has 3 rings (SSSR count). The van der Waals surface area contributed by atoms with Crippen LogP contribution in [-0.2, 0) is 9.53 Å². The first-order valence-corrected chi connectivity index (χ1v) is 9.34. The first-order chi connectivity index (χ1) is 14.4. The molecule has 0 aliphatic carbocycles. The number of benzene rings is 2. The number of fused-ring (bicyclic) bond motifs is 1. The summed E-state index contributed by atoms with van der Waals surface area (Å²) in [5.74, 6) is -1.25. The molecular formula is C22H20N4O4. The van der Waals surface area contributed by atoms with Gasteiger partial charge in [-0.15, -0.1) is 0 Å². The van der Waals surface area contributed by atoms with Crippen molar-refractivity contribution >= 4 is 22.6 Å². The van der Waals surface area contributed by atoms with Crippen LogP contribution in [0.3, 0.4) is 0 Å². The largest absolute Gasteiger partial charge is 0.448 e. The van der Waals surface area contributed by atoms with Gasteiger partial charge in [0.25, 0.3) is 11.5 Å². The Labute approximate surface area is 172 Å². The van der Waals surface area contributed by atoms with Crippen molar-refractivity contribution in [2.75, 3.05) is 13.6 Å². The summed E-state index contributed by atoms with van der Waals surface area (Å²) in [4.78, 5) is 39.5. The highest BCUT2D eigenvalue weighted by Gasteiger charge is 2.25. The monoisotopic (exact) mass is 404 g/mol. The maximum absolute atomic E-state index is 12.9. The van der Waals surface area contributed by atoms with Crippen LogP contribution in [-0.4, -0.2) is 46.3 Å². The number of esters is 1. The molecule has 0 aliphatic heterocycles. The highest BCUT2D eigenvalue weighted by atomic mass is 16.5. The minimum Gasteiger partial charge on any atom is -0.448 e. The number of hydrogen-bond donors (Lipinski definition) is 0. The lowest BCUT2D eigenvalue weighted by atomic mass is 10.1. The smallest absolute Gasteiger partial charge is 0.360 e. The van der Waals surface area contributed by atoms with E-state index in [9.17, 15) is 14.4 Å². The van der Waals surface area contributed by atoms with Crippen LogP contribution < -0.4 is 5.56 Å². The highest BCUT2D eigenvalue weighted by Crippen LogP contribution is 2.17. The molecule has 3 aromatic rings. The Balaban J connectivity index is 1.98. The summed E-state index contributed by atoms with van der Waals surface area (Å²) in [6, 6.07) is 17.3. The molecule has 0 N–H and O–H groups in total. The molecule has 1 atom stereocenters. The molecule has 1 heterocycles. The van der Waals surface area contributed by atoms with Crippen LogP contribution in [0.2, 0.25) is 0 Å². The molecule has 0 saturated heterocycles. The molecule has 8 nitrogen and oxygen atoms in total. The number of amides is 1. The van der Waals surface area contributed by atoms with Gasteiger partial charge in [-0.1, -0.05) is 36.4 Å². The van der Waals surface area contributed by atoms with Gasteiger partial charge in [0.1, 0.15) is 0 Å². The first kappa shape index (κ1) is 20.7. The second-order valence-electron chi connectivity index (χ2n) is 6.66. The third kappa shape index (κ3) is 4.20. The quantitative estimate of drug-likeness (QED) is 0.584. The summed E-state index contributed by atoms with van der Waals surface area (Å²) in [5, 5.41) is 13.6. The molecule has 2 aromatic carbocycles. The van der Waals surface area contributed by atoms with E-state index in [1.54, 1.807) is 54.6 Å². The third-order valence-corrected chi connectivity index (χ3v) is 4.57. The van der Waals surface area contributed by atoms with Crippen molar-refractivity contribution in [3.05, 3.63) is 70.6 Å². The number of carbonyl (C=O) groups is 2. The lowest BCUT2D eigenvalue weighted by Gasteiger charge is -2.20. The lowest BCUT2D eigenvalue weighted by molar-refractivity contribution is -0.138. The predicted molar refractivity (Wildman–Crippen MR) is 110 cm³/mol. The topological polar surface area (TPSA) is 105 Å². The van der Waals surface area contributed by atoms with Crippen molar-refractivity contribution in [2.24, 2.45) is 0 Å². The first-order valence-electron chi connectivity index (χ1n) is 9.34. The average molecular weight is 404 g/mol. The van der Waals surface area contributed by atoms with E-state index >= 15 is 0 Å². The molecule has 0 fully saturated rings. The van der Waals surface area contributed by atoms with Crippen LogP contribution in [0, 0.1) is 11.3 Å². The van der Waals surface area contributed by atoms with E-state index in [-0.39, 0.29) is 24.2 Å². The van der Waals surface area contributed by atoms with Crippen molar-refractivity contribution in [1.82, 2.24) is 14.7 Å².